The Hall–Kier alpha value is -1.94. The molecule has 2 aromatic rings. The molecule has 0 aliphatic rings. The Morgan fingerprint density at radius 1 is 1.00 bits per heavy atom. The van der Waals surface area contributed by atoms with Gasteiger partial charge in [0.1, 0.15) is 5.75 Å². The zero-order chi connectivity index (χ0) is 12.8. The van der Waals surface area contributed by atoms with E-state index in [1.54, 1.807) is 31.4 Å². The van der Waals surface area contributed by atoms with E-state index < -0.39 is 0 Å². The lowest BCUT2D eigenvalue weighted by Gasteiger charge is -2.03. The Morgan fingerprint density at radius 3 is 2.28 bits per heavy atom. The van der Waals surface area contributed by atoms with Gasteiger partial charge in [-0.05, 0) is 36.4 Å². The second-order valence-electron chi connectivity index (χ2n) is 3.50. The molecular weight excluding hydrogens is 248 g/mol. The molecule has 0 N–H and O–H groups in total. The molecule has 0 amide bonds. The third-order valence-electron chi connectivity index (χ3n) is 2.28. The van der Waals surface area contributed by atoms with E-state index in [1.165, 1.54) is 0 Å². The molecule has 0 atom stereocenters. The highest BCUT2D eigenvalue weighted by Gasteiger charge is 2.07. The van der Waals surface area contributed by atoms with Crippen molar-refractivity contribution in [2.45, 2.75) is 4.90 Å². The first-order valence-electron chi connectivity index (χ1n) is 5.37. The lowest BCUT2D eigenvalue weighted by atomic mass is 10.2. The van der Waals surface area contributed by atoms with Crippen molar-refractivity contribution in [2.24, 2.45) is 0 Å². The van der Waals surface area contributed by atoms with Gasteiger partial charge in [-0.15, -0.1) is 0 Å². The van der Waals surface area contributed by atoms with Crippen LogP contribution < -0.4 is 4.74 Å². The number of hydrogen-bond donors (Lipinski definition) is 0. The van der Waals surface area contributed by atoms with Crippen LogP contribution in [0.3, 0.4) is 0 Å². The van der Waals surface area contributed by atoms with Crippen LogP contribution in [0.5, 0.6) is 5.75 Å². The molecule has 4 heteroatoms. The summed E-state index contributed by atoms with van der Waals surface area (Å²) < 4.78 is 10.2. The average molecular weight is 260 g/mol. The zero-order valence-electron chi connectivity index (χ0n) is 9.83. The van der Waals surface area contributed by atoms with Crippen LogP contribution in [0, 0.1) is 0 Å². The van der Waals surface area contributed by atoms with Gasteiger partial charge in [0.15, 0.2) is 0 Å². The molecule has 2 aromatic carbocycles. The lowest BCUT2D eigenvalue weighted by molar-refractivity contribution is 0.0768. The van der Waals surface area contributed by atoms with Crippen LogP contribution in [-0.4, -0.2) is 13.1 Å². The van der Waals surface area contributed by atoms with Crippen molar-refractivity contribution in [3.63, 3.8) is 0 Å². The Kier molecular flexibility index (Phi) is 4.25. The topological polar surface area (TPSA) is 35.5 Å². The summed E-state index contributed by atoms with van der Waals surface area (Å²) in [6, 6.07) is 16.2. The van der Waals surface area contributed by atoms with E-state index in [1.807, 2.05) is 30.3 Å². The summed E-state index contributed by atoms with van der Waals surface area (Å²) in [5, 5.41) is 0. The number of carbonyl (C=O) groups is 1. The lowest BCUT2D eigenvalue weighted by Crippen LogP contribution is -1.98. The highest BCUT2D eigenvalue weighted by molar-refractivity contribution is 7.95. The molecule has 0 unspecified atom stereocenters. The summed E-state index contributed by atoms with van der Waals surface area (Å²) >= 11 is 1.04. The van der Waals surface area contributed by atoms with E-state index in [0.717, 1.165) is 22.7 Å². The summed E-state index contributed by atoms with van der Waals surface area (Å²) in [7, 11) is 1.61. The molecule has 0 aliphatic heterocycles. The molecule has 0 aliphatic carbocycles. The van der Waals surface area contributed by atoms with E-state index in [9.17, 15) is 4.79 Å². The minimum absolute atomic E-state index is 0.351. The zero-order valence-corrected chi connectivity index (χ0v) is 10.6. The van der Waals surface area contributed by atoms with Crippen molar-refractivity contribution < 1.29 is 13.7 Å². The Labute approximate surface area is 110 Å². The van der Waals surface area contributed by atoms with Gasteiger partial charge in [-0.2, -0.15) is 0 Å². The standard InChI is InChI=1S/C14H12O3S/c1-16-12-7-9-13(10-8-12)18-17-14(15)11-5-3-2-4-6-11/h2-10H,1H3. The summed E-state index contributed by atoms with van der Waals surface area (Å²) in [6.07, 6.45) is 0. The number of carbonyl (C=O) groups excluding carboxylic acids is 1. The van der Waals surface area contributed by atoms with Crippen LogP contribution >= 0.6 is 12.0 Å². The molecule has 0 saturated carbocycles. The number of ether oxygens (including phenoxy) is 1. The highest BCUT2D eigenvalue weighted by Crippen LogP contribution is 2.23. The van der Waals surface area contributed by atoms with Crippen LogP contribution in [0.25, 0.3) is 0 Å². The van der Waals surface area contributed by atoms with Gasteiger partial charge >= 0.3 is 5.97 Å². The smallest absolute Gasteiger partial charge is 0.350 e. The van der Waals surface area contributed by atoms with E-state index in [4.69, 9.17) is 8.92 Å². The largest absolute Gasteiger partial charge is 0.497 e. The van der Waals surface area contributed by atoms with Crippen molar-refractivity contribution in [3.05, 3.63) is 60.2 Å². The molecule has 0 aromatic heterocycles. The summed E-state index contributed by atoms with van der Waals surface area (Å²) in [5.74, 6) is 0.421. The fourth-order valence-corrected chi connectivity index (χ4v) is 1.85. The van der Waals surface area contributed by atoms with Gasteiger partial charge in [0.25, 0.3) is 0 Å². The van der Waals surface area contributed by atoms with Gasteiger partial charge in [0, 0.05) is 4.90 Å². The van der Waals surface area contributed by atoms with Crippen molar-refractivity contribution in [2.75, 3.05) is 7.11 Å². The van der Waals surface area contributed by atoms with Crippen molar-refractivity contribution >= 4 is 18.0 Å². The van der Waals surface area contributed by atoms with Gasteiger partial charge in [-0.1, -0.05) is 18.2 Å². The maximum Gasteiger partial charge on any atom is 0.350 e. The maximum atomic E-state index is 11.7. The molecule has 0 spiro atoms. The number of benzene rings is 2. The van der Waals surface area contributed by atoms with Gasteiger partial charge in [-0.3, -0.25) is 0 Å². The second-order valence-corrected chi connectivity index (χ2v) is 4.30. The quantitative estimate of drug-likeness (QED) is 0.787. The third-order valence-corrected chi connectivity index (χ3v) is 2.98. The molecule has 0 saturated heterocycles. The van der Waals surface area contributed by atoms with E-state index in [2.05, 4.69) is 0 Å². The summed E-state index contributed by atoms with van der Waals surface area (Å²) in [4.78, 5) is 12.5. The van der Waals surface area contributed by atoms with Crippen molar-refractivity contribution in [1.29, 1.82) is 0 Å². The van der Waals surface area contributed by atoms with Gasteiger partial charge < -0.3 is 8.92 Å². The van der Waals surface area contributed by atoms with Crippen LogP contribution in [0.4, 0.5) is 0 Å². The Balaban J connectivity index is 1.93. The molecule has 0 bridgehead atoms. The van der Waals surface area contributed by atoms with Gasteiger partial charge in [-0.25, -0.2) is 4.79 Å². The molecule has 0 radical (unpaired) electrons. The molecule has 3 nitrogen and oxygen atoms in total. The molecule has 2 rings (SSSR count). The maximum absolute atomic E-state index is 11.7. The first-order valence-corrected chi connectivity index (χ1v) is 6.12. The van der Waals surface area contributed by atoms with E-state index in [-0.39, 0.29) is 5.97 Å². The molecule has 0 fully saturated rings. The first kappa shape index (κ1) is 12.5. The number of rotatable bonds is 4. The van der Waals surface area contributed by atoms with Crippen LogP contribution in [0.2, 0.25) is 0 Å². The van der Waals surface area contributed by atoms with Crippen LogP contribution in [-0.2, 0) is 4.18 Å². The van der Waals surface area contributed by atoms with Crippen LogP contribution in [0.1, 0.15) is 10.4 Å². The summed E-state index contributed by atoms with van der Waals surface area (Å²) in [6.45, 7) is 0. The molecular formula is C14H12O3S. The molecule has 18 heavy (non-hydrogen) atoms. The average Bonchev–Trinajstić information content (AvgIpc) is 2.46. The van der Waals surface area contributed by atoms with E-state index >= 15 is 0 Å². The van der Waals surface area contributed by atoms with E-state index in [0.29, 0.717) is 5.56 Å². The molecule has 92 valence electrons. The third kappa shape index (κ3) is 3.28. The van der Waals surface area contributed by atoms with Gasteiger partial charge in [0.2, 0.25) is 0 Å². The fourth-order valence-electron chi connectivity index (χ4n) is 1.34. The highest BCUT2D eigenvalue weighted by atomic mass is 32.2. The normalized spacial score (nSPS) is 9.83. The minimum atomic E-state index is -0.351. The van der Waals surface area contributed by atoms with Gasteiger partial charge in [0.05, 0.1) is 24.7 Å². The minimum Gasteiger partial charge on any atom is -0.497 e. The summed E-state index contributed by atoms with van der Waals surface area (Å²) in [5.41, 5.74) is 0.540. The number of methoxy groups -OCH3 is 1. The fraction of sp³-hybridized carbons (Fsp3) is 0.0714. The van der Waals surface area contributed by atoms with Crippen molar-refractivity contribution in [3.8, 4) is 5.75 Å². The predicted octanol–water partition coefficient (Wildman–Crippen LogP) is 3.56. The first-order chi connectivity index (χ1) is 8.79. The van der Waals surface area contributed by atoms with Crippen molar-refractivity contribution in [1.82, 2.24) is 0 Å². The number of hydrogen-bond acceptors (Lipinski definition) is 4. The Bertz CT molecular complexity index is 508. The Morgan fingerprint density at radius 2 is 1.67 bits per heavy atom. The molecule has 0 heterocycles. The predicted molar refractivity (Wildman–Crippen MR) is 70.7 cm³/mol. The SMILES string of the molecule is COc1ccc(SOC(=O)c2ccccc2)cc1. The monoisotopic (exact) mass is 260 g/mol. The second kappa shape index (κ2) is 6.12. The van der Waals surface area contributed by atoms with Crippen LogP contribution in [0.15, 0.2) is 59.5 Å².